The molecule has 0 unspecified atom stereocenters. The van der Waals surface area contributed by atoms with Crippen molar-refractivity contribution in [3.63, 3.8) is 0 Å². The van der Waals surface area contributed by atoms with Gasteiger partial charge >= 0.3 is 6.03 Å². The van der Waals surface area contributed by atoms with Crippen molar-refractivity contribution in [2.24, 2.45) is 0 Å². The number of nitrogens with zero attached hydrogens (tertiary/aromatic N) is 2. The Morgan fingerprint density at radius 1 is 1.11 bits per heavy atom. The van der Waals surface area contributed by atoms with Gasteiger partial charge < -0.3 is 14.4 Å². The minimum Gasteiger partial charge on any atom is -0.494 e. The summed E-state index contributed by atoms with van der Waals surface area (Å²) in [4.78, 5) is 40.4. The smallest absolute Gasteiger partial charge is 0.327 e. The molecule has 2 N–H and O–H groups in total. The Labute approximate surface area is 210 Å². The Bertz CT molecular complexity index is 1060. The second-order valence-electron chi connectivity index (χ2n) is 9.47. The first kappa shape index (κ1) is 26.4. The zero-order chi connectivity index (χ0) is 25.8. The van der Waals surface area contributed by atoms with Gasteiger partial charge in [0.05, 0.1) is 11.5 Å². The van der Waals surface area contributed by atoms with E-state index in [9.17, 15) is 22.8 Å². The van der Waals surface area contributed by atoms with Crippen molar-refractivity contribution in [3.8, 4) is 5.75 Å². The number of sulfone groups is 1. The average molecular weight is 524 g/mol. The van der Waals surface area contributed by atoms with Crippen molar-refractivity contribution >= 4 is 27.7 Å². The van der Waals surface area contributed by atoms with Gasteiger partial charge in [0, 0.05) is 25.8 Å². The van der Waals surface area contributed by atoms with Crippen LogP contribution in [0.2, 0.25) is 0 Å². The number of hydrogen-bond donors (Lipinski definition) is 2. The van der Waals surface area contributed by atoms with E-state index in [2.05, 4.69) is 0 Å². The predicted molar refractivity (Wildman–Crippen MR) is 127 cm³/mol. The fraction of sp³-hybridized carbons (Fsp3) is 0.625. The first-order valence-corrected chi connectivity index (χ1v) is 13.9. The summed E-state index contributed by atoms with van der Waals surface area (Å²) in [6.45, 7) is 0.819. The number of amides is 4. The van der Waals surface area contributed by atoms with Gasteiger partial charge in [-0.05, 0) is 56.4 Å². The topological polar surface area (TPSA) is 143 Å². The number of carbonyl (C=O) groups excluding carboxylic acids is 3. The molecule has 12 heteroatoms. The molecule has 3 fully saturated rings. The molecule has 0 aromatic heterocycles. The Hall–Kier alpha value is -2.70. The molecule has 1 aromatic carbocycles. The highest BCUT2D eigenvalue weighted by Crippen LogP contribution is 2.36. The fourth-order valence-electron chi connectivity index (χ4n) is 5.23. The van der Waals surface area contributed by atoms with Crippen LogP contribution in [0, 0.1) is 0 Å². The van der Waals surface area contributed by atoms with Crippen LogP contribution in [-0.2, 0) is 24.2 Å². The van der Waals surface area contributed by atoms with Crippen LogP contribution in [0.4, 0.5) is 4.79 Å². The van der Waals surface area contributed by atoms with Crippen molar-refractivity contribution < 1.29 is 37.5 Å². The van der Waals surface area contributed by atoms with E-state index in [1.807, 2.05) is 0 Å². The molecule has 2 saturated heterocycles. The molecule has 3 aliphatic rings. The maximum atomic E-state index is 13.3. The summed E-state index contributed by atoms with van der Waals surface area (Å²) in [6.07, 6.45) is 5.55. The lowest BCUT2D eigenvalue weighted by molar-refractivity contribution is -0.134. The van der Waals surface area contributed by atoms with Gasteiger partial charge in [-0.3, -0.25) is 19.7 Å². The molecule has 0 spiro atoms. The number of nitrogens with one attached hydrogen (secondary N) is 1. The highest BCUT2D eigenvalue weighted by atomic mass is 32.2. The van der Waals surface area contributed by atoms with Gasteiger partial charge in [-0.15, -0.1) is 0 Å². The second-order valence-corrected chi connectivity index (χ2v) is 11.7. The van der Waals surface area contributed by atoms with Crippen molar-refractivity contribution in [3.05, 3.63) is 24.3 Å². The molecule has 0 bridgehead atoms. The third kappa shape index (κ3) is 5.07. The SMILES string of the molecule is O=C1CN(C2CCCCC2)C(=O)N1CCCOc1ccc(S(=O)(=O)C2(C(=O)NO)CCOCC2)cc1. The van der Waals surface area contributed by atoms with Crippen LogP contribution in [-0.4, -0.2) is 85.0 Å². The second kappa shape index (κ2) is 11.1. The number of ether oxygens (including phenoxy) is 2. The van der Waals surface area contributed by atoms with Crippen LogP contribution >= 0.6 is 0 Å². The van der Waals surface area contributed by atoms with E-state index in [0.29, 0.717) is 12.2 Å². The van der Waals surface area contributed by atoms with Gasteiger partial charge in [-0.2, -0.15) is 0 Å². The molecular weight excluding hydrogens is 490 g/mol. The van der Waals surface area contributed by atoms with Crippen LogP contribution < -0.4 is 10.2 Å². The Morgan fingerprint density at radius 3 is 2.42 bits per heavy atom. The molecule has 4 rings (SSSR count). The van der Waals surface area contributed by atoms with Gasteiger partial charge in [-0.25, -0.2) is 18.7 Å². The number of benzene rings is 1. The summed E-state index contributed by atoms with van der Waals surface area (Å²) in [5, 5.41) is 9.15. The molecule has 0 radical (unpaired) electrons. The molecule has 1 aromatic rings. The normalized spacial score (nSPS) is 21.0. The maximum Gasteiger partial charge on any atom is 0.327 e. The van der Waals surface area contributed by atoms with Gasteiger partial charge in [0.1, 0.15) is 12.3 Å². The molecule has 2 aliphatic heterocycles. The molecule has 2 heterocycles. The van der Waals surface area contributed by atoms with Gasteiger partial charge in [0.2, 0.25) is 5.91 Å². The van der Waals surface area contributed by atoms with Gasteiger partial charge in [0.15, 0.2) is 14.6 Å². The van der Waals surface area contributed by atoms with E-state index in [-0.39, 0.29) is 68.6 Å². The first-order valence-electron chi connectivity index (χ1n) is 12.4. The first-order chi connectivity index (χ1) is 17.3. The molecule has 1 saturated carbocycles. The minimum atomic E-state index is -4.11. The zero-order valence-corrected chi connectivity index (χ0v) is 21.0. The van der Waals surface area contributed by atoms with E-state index in [0.717, 1.165) is 25.7 Å². The molecule has 198 valence electrons. The van der Waals surface area contributed by atoms with Gasteiger partial charge in [-0.1, -0.05) is 19.3 Å². The van der Waals surface area contributed by atoms with E-state index in [1.165, 1.54) is 41.1 Å². The molecule has 0 atom stereocenters. The summed E-state index contributed by atoms with van der Waals surface area (Å²) in [5.74, 6) is -0.738. The number of urea groups is 1. The number of hydroxylamine groups is 1. The van der Waals surface area contributed by atoms with Crippen LogP contribution in [0.5, 0.6) is 5.75 Å². The monoisotopic (exact) mass is 523 g/mol. The molecule has 4 amide bonds. The Morgan fingerprint density at radius 2 is 1.78 bits per heavy atom. The third-order valence-corrected chi connectivity index (χ3v) is 9.87. The number of imide groups is 1. The zero-order valence-electron chi connectivity index (χ0n) is 20.2. The minimum absolute atomic E-state index is 0.0589. The summed E-state index contributed by atoms with van der Waals surface area (Å²) >= 11 is 0. The lowest BCUT2D eigenvalue weighted by Crippen LogP contribution is -2.54. The molecule has 11 nitrogen and oxygen atoms in total. The molecule has 1 aliphatic carbocycles. The van der Waals surface area contributed by atoms with E-state index in [4.69, 9.17) is 14.7 Å². The predicted octanol–water partition coefficient (Wildman–Crippen LogP) is 1.88. The Kier molecular flexibility index (Phi) is 8.16. The van der Waals surface area contributed by atoms with Crippen LogP contribution in [0.1, 0.15) is 51.4 Å². The Balaban J connectivity index is 1.31. The summed E-state index contributed by atoms with van der Waals surface area (Å²) in [6, 6.07) is 5.64. The summed E-state index contributed by atoms with van der Waals surface area (Å²) in [5.41, 5.74) is 1.49. The number of rotatable bonds is 9. The molecule has 36 heavy (non-hydrogen) atoms. The van der Waals surface area contributed by atoms with Crippen molar-refractivity contribution in [2.45, 2.75) is 67.1 Å². The van der Waals surface area contributed by atoms with E-state index in [1.54, 1.807) is 4.90 Å². The quantitative estimate of drug-likeness (QED) is 0.216. The summed E-state index contributed by atoms with van der Waals surface area (Å²) < 4.78 is 35.7. The van der Waals surface area contributed by atoms with Crippen LogP contribution in [0.25, 0.3) is 0 Å². The van der Waals surface area contributed by atoms with E-state index >= 15 is 0 Å². The van der Waals surface area contributed by atoms with Crippen molar-refractivity contribution in [1.29, 1.82) is 0 Å². The molecular formula is C24H33N3O8S. The number of carbonyl (C=O) groups is 3. The largest absolute Gasteiger partial charge is 0.494 e. The average Bonchev–Trinajstić information content (AvgIpc) is 3.20. The van der Waals surface area contributed by atoms with Crippen molar-refractivity contribution in [1.82, 2.24) is 15.3 Å². The summed E-state index contributed by atoms with van der Waals surface area (Å²) in [7, 11) is -4.11. The highest BCUT2D eigenvalue weighted by Gasteiger charge is 2.52. The van der Waals surface area contributed by atoms with Crippen LogP contribution in [0.3, 0.4) is 0 Å². The van der Waals surface area contributed by atoms with Gasteiger partial charge in [0.25, 0.3) is 5.91 Å². The standard InChI is InChI=1S/C24H33N3O8S/c28-21-17-27(18-5-2-1-3-6-18)23(30)26(21)13-4-14-35-19-7-9-20(10-8-19)36(32,33)24(22(29)25-31)11-15-34-16-12-24/h7-10,18,31H,1-6,11-17H2,(H,25,29). The highest BCUT2D eigenvalue weighted by molar-refractivity contribution is 7.93. The van der Waals surface area contributed by atoms with Crippen LogP contribution in [0.15, 0.2) is 29.2 Å². The fourth-order valence-corrected chi connectivity index (χ4v) is 7.17. The van der Waals surface area contributed by atoms with Crippen molar-refractivity contribution in [2.75, 3.05) is 32.9 Å². The third-order valence-electron chi connectivity index (χ3n) is 7.36. The lowest BCUT2D eigenvalue weighted by atomic mass is 9.94. The number of hydrogen-bond acceptors (Lipinski definition) is 8. The van der Waals surface area contributed by atoms with E-state index < -0.39 is 20.5 Å². The lowest BCUT2D eigenvalue weighted by Gasteiger charge is -2.34. The maximum absolute atomic E-state index is 13.3.